The minimum absolute atomic E-state index is 0.188. The lowest BCUT2D eigenvalue weighted by atomic mass is 10.1. The fraction of sp³-hybridized carbons (Fsp3) is 0.312. The van der Waals surface area contributed by atoms with Gasteiger partial charge in [0.1, 0.15) is 6.04 Å². The molecule has 1 N–H and O–H groups in total. The predicted molar refractivity (Wildman–Crippen MR) is 88.0 cm³/mol. The van der Waals surface area contributed by atoms with Crippen molar-refractivity contribution in [3.05, 3.63) is 48.3 Å². The van der Waals surface area contributed by atoms with Gasteiger partial charge in [-0.3, -0.25) is 4.79 Å². The van der Waals surface area contributed by atoms with Crippen LogP contribution < -0.4 is 5.32 Å². The number of rotatable bonds is 7. The lowest BCUT2D eigenvalue weighted by Gasteiger charge is -2.16. The Morgan fingerprint density at radius 2 is 2.09 bits per heavy atom. The van der Waals surface area contributed by atoms with Gasteiger partial charge in [-0.1, -0.05) is 42.1 Å². The first kappa shape index (κ1) is 17.1. The Hall–Kier alpha value is -2.28. The molecule has 1 heterocycles. The van der Waals surface area contributed by atoms with E-state index in [1.165, 1.54) is 18.9 Å². The first-order chi connectivity index (χ1) is 11.1. The fourth-order valence-electron chi connectivity index (χ4n) is 2.04. The van der Waals surface area contributed by atoms with Gasteiger partial charge >= 0.3 is 5.97 Å². The van der Waals surface area contributed by atoms with Crippen molar-refractivity contribution >= 4 is 23.6 Å². The highest BCUT2D eigenvalue weighted by atomic mass is 32.2. The van der Waals surface area contributed by atoms with Crippen molar-refractivity contribution < 1.29 is 14.3 Å². The van der Waals surface area contributed by atoms with Gasteiger partial charge in [-0.15, -0.1) is 0 Å². The number of nitrogens with one attached hydrogen (secondary N) is 1. The summed E-state index contributed by atoms with van der Waals surface area (Å²) < 4.78 is 6.61. The number of carbonyl (C=O) groups excluding carboxylic acids is 2. The summed E-state index contributed by atoms with van der Waals surface area (Å²) in [6.45, 7) is 0. The Kier molecular flexibility index (Phi) is 6.22. The molecule has 0 bridgehead atoms. The number of ether oxygens (including phenoxy) is 1. The zero-order valence-corrected chi connectivity index (χ0v) is 13.9. The molecule has 2 aromatic rings. The highest BCUT2D eigenvalue weighted by Crippen LogP contribution is 2.14. The number of nitrogens with zero attached hydrogens (tertiary/aromatic N) is 2. The molecule has 0 aliphatic heterocycles. The molecule has 0 saturated carbocycles. The highest BCUT2D eigenvalue weighted by molar-refractivity contribution is 7.99. The smallest absolute Gasteiger partial charge is 0.328 e. The summed E-state index contributed by atoms with van der Waals surface area (Å²) in [5.74, 6) is -0.499. The third-order valence-corrected chi connectivity index (χ3v) is 4.27. The summed E-state index contributed by atoms with van der Waals surface area (Å²) in [6.07, 6.45) is 3.88. The van der Waals surface area contributed by atoms with Gasteiger partial charge < -0.3 is 14.6 Å². The van der Waals surface area contributed by atoms with Crippen LogP contribution in [0.1, 0.15) is 5.56 Å². The average molecular weight is 333 g/mol. The van der Waals surface area contributed by atoms with Crippen LogP contribution in [0.15, 0.2) is 47.9 Å². The van der Waals surface area contributed by atoms with Crippen molar-refractivity contribution in [3.8, 4) is 0 Å². The molecule has 2 rings (SSSR count). The topological polar surface area (TPSA) is 73.2 Å². The van der Waals surface area contributed by atoms with Crippen LogP contribution in [0.3, 0.4) is 0 Å². The van der Waals surface area contributed by atoms with Crippen LogP contribution in [0.5, 0.6) is 0 Å². The van der Waals surface area contributed by atoms with Crippen molar-refractivity contribution in [2.24, 2.45) is 7.05 Å². The second-order valence-electron chi connectivity index (χ2n) is 4.94. The van der Waals surface area contributed by atoms with Crippen LogP contribution in [0.4, 0.5) is 0 Å². The van der Waals surface area contributed by atoms with E-state index in [1.807, 2.05) is 48.1 Å². The third kappa shape index (κ3) is 5.14. The Labute approximate surface area is 139 Å². The molecule has 0 radical (unpaired) electrons. The maximum atomic E-state index is 12.1. The lowest BCUT2D eigenvalue weighted by molar-refractivity contribution is -0.144. The van der Waals surface area contributed by atoms with Crippen LogP contribution >= 0.6 is 11.8 Å². The number of esters is 1. The molecule has 1 amide bonds. The molecule has 1 aromatic heterocycles. The molecule has 0 unspecified atom stereocenters. The molecule has 0 fully saturated rings. The standard InChI is InChI=1S/C16H19N3O3S/c1-19-9-8-17-16(19)23-11-14(20)18-13(15(21)22-2)10-12-6-4-3-5-7-12/h3-9,13H,10-11H2,1-2H3,(H,18,20)/t13-/m0/s1. The molecule has 7 heteroatoms. The minimum atomic E-state index is -0.697. The molecule has 23 heavy (non-hydrogen) atoms. The number of methoxy groups -OCH3 is 1. The number of hydrogen-bond acceptors (Lipinski definition) is 5. The predicted octanol–water partition coefficient (Wildman–Crippen LogP) is 1.41. The number of aryl methyl sites for hydroxylation is 1. The number of amides is 1. The molecule has 0 spiro atoms. The Morgan fingerprint density at radius 1 is 1.35 bits per heavy atom. The fourth-order valence-corrected chi connectivity index (χ4v) is 2.79. The van der Waals surface area contributed by atoms with Gasteiger partial charge in [0.15, 0.2) is 5.16 Å². The first-order valence-corrected chi connectivity index (χ1v) is 8.10. The molecule has 0 aliphatic rings. The number of aromatic nitrogens is 2. The van der Waals surface area contributed by atoms with E-state index in [-0.39, 0.29) is 11.7 Å². The minimum Gasteiger partial charge on any atom is -0.467 e. The first-order valence-electron chi connectivity index (χ1n) is 7.11. The van der Waals surface area contributed by atoms with E-state index in [0.717, 1.165) is 10.7 Å². The number of imidazole rings is 1. The number of carbonyl (C=O) groups is 2. The van der Waals surface area contributed by atoms with Gasteiger partial charge in [0.25, 0.3) is 0 Å². The zero-order valence-electron chi connectivity index (χ0n) is 13.1. The van der Waals surface area contributed by atoms with E-state index >= 15 is 0 Å². The number of thioether (sulfide) groups is 1. The molecular formula is C16H19N3O3S. The van der Waals surface area contributed by atoms with Gasteiger partial charge in [0, 0.05) is 25.9 Å². The van der Waals surface area contributed by atoms with Crippen molar-refractivity contribution in [2.45, 2.75) is 17.6 Å². The van der Waals surface area contributed by atoms with Crippen LogP contribution in [-0.4, -0.2) is 40.3 Å². The molecule has 1 aromatic carbocycles. The van der Waals surface area contributed by atoms with Crippen LogP contribution in [0.2, 0.25) is 0 Å². The summed E-state index contributed by atoms with van der Waals surface area (Å²) in [5, 5.41) is 3.47. The molecule has 1 atom stereocenters. The molecule has 0 saturated heterocycles. The Bertz CT molecular complexity index is 658. The van der Waals surface area contributed by atoms with Crippen molar-refractivity contribution in [2.75, 3.05) is 12.9 Å². The van der Waals surface area contributed by atoms with Gasteiger partial charge in [-0.05, 0) is 5.56 Å². The SMILES string of the molecule is COC(=O)[C@H](Cc1ccccc1)NC(=O)CSc1nccn1C. The second-order valence-corrected chi connectivity index (χ2v) is 5.88. The zero-order chi connectivity index (χ0) is 16.7. The van der Waals surface area contributed by atoms with E-state index in [0.29, 0.717) is 6.42 Å². The molecule has 0 aliphatic carbocycles. The average Bonchev–Trinajstić information content (AvgIpc) is 2.97. The summed E-state index contributed by atoms with van der Waals surface area (Å²) in [7, 11) is 3.18. The molecular weight excluding hydrogens is 314 g/mol. The third-order valence-electron chi connectivity index (χ3n) is 3.21. The summed E-state index contributed by atoms with van der Waals surface area (Å²) in [6, 6.07) is 8.80. The monoisotopic (exact) mass is 333 g/mol. The van der Waals surface area contributed by atoms with Gasteiger partial charge in [0.2, 0.25) is 5.91 Å². The molecule has 6 nitrogen and oxygen atoms in total. The maximum Gasteiger partial charge on any atom is 0.328 e. The Morgan fingerprint density at radius 3 is 2.70 bits per heavy atom. The van der Waals surface area contributed by atoms with E-state index < -0.39 is 12.0 Å². The van der Waals surface area contributed by atoms with Crippen molar-refractivity contribution in [1.29, 1.82) is 0 Å². The second kappa shape index (κ2) is 8.38. The number of hydrogen-bond donors (Lipinski definition) is 1. The largest absolute Gasteiger partial charge is 0.467 e. The van der Waals surface area contributed by atoms with Gasteiger partial charge in [0.05, 0.1) is 12.9 Å². The van der Waals surface area contributed by atoms with Gasteiger partial charge in [-0.2, -0.15) is 0 Å². The van der Waals surface area contributed by atoms with E-state index in [4.69, 9.17) is 4.74 Å². The lowest BCUT2D eigenvalue weighted by Crippen LogP contribution is -2.43. The van der Waals surface area contributed by atoms with E-state index in [2.05, 4.69) is 10.3 Å². The van der Waals surface area contributed by atoms with Crippen LogP contribution in [-0.2, 0) is 27.8 Å². The maximum absolute atomic E-state index is 12.1. The van der Waals surface area contributed by atoms with E-state index in [1.54, 1.807) is 6.20 Å². The summed E-state index contributed by atoms with van der Waals surface area (Å²) >= 11 is 1.32. The normalized spacial score (nSPS) is 11.7. The van der Waals surface area contributed by atoms with Gasteiger partial charge in [-0.25, -0.2) is 9.78 Å². The quantitative estimate of drug-likeness (QED) is 0.613. The molecule has 122 valence electrons. The van der Waals surface area contributed by atoms with Crippen molar-refractivity contribution in [3.63, 3.8) is 0 Å². The van der Waals surface area contributed by atoms with E-state index in [9.17, 15) is 9.59 Å². The summed E-state index contributed by atoms with van der Waals surface area (Å²) in [4.78, 5) is 28.1. The van der Waals surface area contributed by atoms with Crippen molar-refractivity contribution in [1.82, 2.24) is 14.9 Å². The highest BCUT2D eigenvalue weighted by Gasteiger charge is 2.22. The summed E-state index contributed by atoms with van der Waals surface area (Å²) in [5.41, 5.74) is 0.958. The number of benzene rings is 1. The Balaban J connectivity index is 1.93. The van der Waals surface area contributed by atoms with Crippen LogP contribution in [0.25, 0.3) is 0 Å². The van der Waals surface area contributed by atoms with Crippen LogP contribution in [0, 0.1) is 0 Å².